The van der Waals surface area contributed by atoms with Crippen molar-refractivity contribution in [3.8, 4) is 12.3 Å². The second-order valence-corrected chi connectivity index (χ2v) is 14.9. The molecular formula is C39H46ClN7O3. The molecule has 7 rings (SSSR count). The van der Waals surface area contributed by atoms with Crippen LogP contribution in [-0.2, 0) is 16.0 Å². The fourth-order valence-electron chi connectivity index (χ4n) is 8.59. The fraction of sp³-hybridized carbons (Fsp3) is 0.487. The number of piperidine rings is 3. The topological polar surface area (TPSA) is 121 Å². The molecule has 3 aliphatic heterocycles. The fourth-order valence-corrected chi connectivity index (χ4v) is 8.83. The molecule has 0 bridgehead atoms. The Morgan fingerprint density at radius 1 is 1.00 bits per heavy atom. The number of aromatic nitrogens is 3. The molecule has 5 heterocycles. The number of nitrogen functional groups attached to an aromatic ring is 1. The number of halogens is 1. The standard InChI is InChI=1S/C39H46ClN7O3/c1-3-26-20-25(22-32(40)36(26)41)21-29(38(49)46-16-10-28(11-17-46)27-8-14-44(2)15-9-27)23-35(48)45-18-12-30(13-19-45)47-34-24-42-33-7-5-4-6-31(33)37(34)43-39(47)50/h1,4-7,20,22,24,27-30H,8-19,21,23,41H2,2H3,(H,43,50)/t29-/m0/s1. The number of benzene rings is 2. The van der Waals surface area contributed by atoms with Gasteiger partial charge in [0.25, 0.3) is 0 Å². The summed E-state index contributed by atoms with van der Waals surface area (Å²) in [5.74, 6) is 3.36. The third-order valence-electron chi connectivity index (χ3n) is 11.5. The highest BCUT2D eigenvalue weighted by molar-refractivity contribution is 6.33. The highest BCUT2D eigenvalue weighted by atomic mass is 35.5. The van der Waals surface area contributed by atoms with Crippen molar-refractivity contribution in [3.63, 3.8) is 0 Å². The van der Waals surface area contributed by atoms with Crippen molar-refractivity contribution in [2.24, 2.45) is 17.8 Å². The molecule has 50 heavy (non-hydrogen) atoms. The summed E-state index contributed by atoms with van der Waals surface area (Å²) in [6.07, 6.45) is 13.6. The number of imidazole rings is 1. The van der Waals surface area contributed by atoms with Gasteiger partial charge in [-0.15, -0.1) is 6.42 Å². The van der Waals surface area contributed by atoms with Gasteiger partial charge in [0.15, 0.2) is 0 Å². The lowest BCUT2D eigenvalue weighted by Gasteiger charge is -2.40. The first-order chi connectivity index (χ1) is 24.2. The van der Waals surface area contributed by atoms with Gasteiger partial charge in [-0.05, 0) is 101 Å². The molecule has 0 unspecified atom stereocenters. The van der Waals surface area contributed by atoms with Crippen LogP contribution in [0.15, 0.2) is 47.4 Å². The first-order valence-corrected chi connectivity index (χ1v) is 18.4. The Balaban J connectivity index is 1.04. The Labute approximate surface area is 297 Å². The van der Waals surface area contributed by atoms with Gasteiger partial charge in [0.1, 0.15) is 0 Å². The Kier molecular flexibility index (Phi) is 9.89. The number of nitrogens with one attached hydrogen (secondary N) is 1. The minimum absolute atomic E-state index is 0.00957. The summed E-state index contributed by atoms with van der Waals surface area (Å²) < 4.78 is 1.80. The van der Waals surface area contributed by atoms with Crippen LogP contribution in [0.3, 0.4) is 0 Å². The van der Waals surface area contributed by atoms with Gasteiger partial charge >= 0.3 is 5.69 Å². The van der Waals surface area contributed by atoms with Crippen molar-refractivity contribution in [2.45, 2.75) is 57.4 Å². The minimum Gasteiger partial charge on any atom is -0.397 e. The molecule has 11 heteroatoms. The molecule has 3 N–H and O–H groups in total. The van der Waals surface area contributed by atoms with E-state index in [0.29, 0.717) is 67.6 Å². The Morgan fingerprint density at radius 3 is 2.36 bits per heavy atom. The molecule has 0 aliphatic carbocycles. The lowest BCUT2D eigenvalue weighted by atomic mass is 9.78. The van der Waals surface area contributed by atoms with E-state index in [0.717, 1.165) is 59.3 Å². The quantitative estimate of drug-likeness (QED) is 0.205. The number of aromatic amines is 1. The van der Waals surface area contributed by atoms with Crippen molar-refractivity contribution < 1.29 is 9.59 Å². The maximum absolute atomic E-state index is 14.2. The number of rotatable bonds is 7. The SMILES string of the molecule is C#Cc1cc(C[C@@H](CC(=O)N2CCC(n3c(=O)[nH]c4c5ccccc5ncc43)CC2)C(=O)N2CCC(C3CCN(C)CC3)CC2)cc(Cl)c1N. The van der Waals surface area contributed by atoms with E-state index in [4.69, 9.17) is 23.8 Å². The van der Waals surface area contributed by atoms with E-state index in [2.05, 4.69) is 27.8 Å². The summed E-state index contributed by atoms with van der Waals surface area (Å²) in [6, 6.07) is 11.3. The van der Waals surface area contributed by atoms with E-state index in [-0.39, 0.29) is 30.0 Å². The maximum atomic E-state index is 14.2. The number of hydrogen-bond acceptors (Lipinski definition) is 6. The van der Waals surface area contributed by atoms with E-state index in [9.17, 15) is 14.4 Å². The number of nitrogens with zero attached hydrogens (tertiary/aromatic N) is 5. The molecule has 3 saturated heterocycles. The van der Waals surface area contributed by atoms with Gasteiger partial charge < -0.3 is 25.4 Å². The number of carbonyl (C=O) groups is 2. The van der Waals surface area contributed by atoms with Gasteiger partial charge in [-0.25, -0.2) is 4.79 Å². The number of carbonyl (C=O) groups excluding carboxylic acids is 2. The van der Waals surface area contributed by atoms with Crippen LogP contribution in [0.25, 0.3) is 21.9 Å². The second-order valence-electron chi connectivity index (χ2n) is 14.5. The molecule has 0 saturated carbocycles. The summed E-state index contributed by atoms with van der Waals surface area (Å²) >= 11 is 6.44. The Hall–Kier alpha value is -4.33. The number of pyridine rings is 1. The first-order valence-electron chi connectivity index (χ1n) is 18.0. The van der Waals surface area contributed by atoms with Gasteiger partial charge in [0.2, 0.25) is 11.8 Å². The van der Waals surface area contributed by atoms with Crippen LogP contribution in [0.5, 0.6) is 0 Å². The maximum Gasteiger partial charge on any atom is 0.326 e. The Bertz CT molecular complexity index is 1990. The molecule has 10 nitrogen and oxygen atoms in total. The Morgan fingerprint density at radius 2 is 1.66 bits per heavy atom. The van der Waals surface area contributed by atoms with Crippen molar-refractivity contribution in [1.82, 2.24) is 29.2 Å². The summed E-state index contributed by atoms with van der Waals surface area (Å²) in [5, 5.41) is 1.26. The zero-order valence-electron chi connectivity index (χ0n) is 28.7. The number of hydrogen-bond donors (Lipinski definition) is 2. The highest BCUT2D eigenvalue weighted by Gasteiger charge is 2.35. The highest BCUT2D eigenvalue weighted by Crippen LogP contribution is 2.34. The van der Waals surface area contributed by atoms with Gasteiger partial charge in [0, 0.05) is 49.6 Å². The number of para-hydroxylation sites is 1. The van der Waals surface area contributed by atoms with Crippen molar-refractivity contribution >= 4 is 51.0 Å². The summed E-state index contributed by atoms with van der Waals surface area (Å²) in [7, 11) is 2.19. The lowest BCUT2D eigenvalue weighted by Crippen LogP contribution is -2.46. The van der Waals surface area contributed by atoms with Gasteiger partial charge in [-0.3, -0.25) is 19.1 Å². The van der Waals surface area contributed by atoms with Gasteiger partial charge in [-0.1, -0.05) is 35.7 Å². The molecule has 3 fully saturated rings. The average molecular weight is 696 g/mol. The number of amides is 2. The van der Waals surface area contributed by atoms with Crippen LogP contribution >= 0.6 is 11.6 Å². The third-order valence-corrected chi connectivity index (χ3v) is 11.8. The largest absolute Gasteiger partial charge is 0.397 e. The summed E-state index contributed by atoms with van der Waals surface area (Å²) in [4.78, 5) is 55.2. The number of nitrogens with two attached hydrogens (primary N) is 1. The predicted octanol–water partition coefficient (Wildman–Crippen LogP) is 5.09. The molecule has 2 amide bonds. The van der Waals surface area contributed by atoms with Crippen LogP contribution in [0.4, 0.5) is 5.69 Å². The smallest absolute Gasteiger partial charge is 0.326 e. The summed E-state index contributed by atoms with van der Waals surface area (Å²) in [6.45, 7) is 4.72. The number of anilines is 1. The van der Waals surface area contributed by atoms with E-state index >= 15 is 0 Å². The molecule has 4 aromatic rings. The van der Waals surface area contributed by atoms with Crippen LogP contribution in [0, 0.1) is 30.1 Å². The van der Waals surface area contributed by atoms with Gasteiger partial charge in [0.05, 0.1) is 39.4 Å². The van der Waals surface area contributed by atoms with Crippen molar-refractivity contribution in [3.05, 3.63) is 69.2 Å². The number of fused-ring (bicyclic) bond motifs is 3. The van der Waals surface area contributed by atoms with Crippen LogP contribution in [0.2, 0.25) is 5.02 Å². The van der Waals surface area contributed by atoms with E-state index in [1.54, 1.807) is 22.9 Å². The zero-order chi connectivity index (χ0) is 34.9. The van der Waals surface area contributed by atoms with Crippen molar-refractivity contribution in [1.29, 1.82) is 0 Å². The molecule has 1 atom stereocenters. The lowest BCUT2D eigenvalue weighted by molar-refractivity contribution is -0.143. The normalized spacial score (nSPS) is 19.2. The molecule has 2 aromatic heterocycles. The molecule has 262 valence electrons. The molecule has 0 radical (unpaired) electrons. The zero-order valence-corrected chi connectivity index (χ0v) is 29.5. The van der Waals surface area contributed by atoms with E-state index in [1.165, 1.54) is 12.8 Å². The van der Waals surface area contributed by atoms with E-state index in [1.807, 2.05) is 34.1 Å². The molecule has 0 spiro atoms. The average Bonchev–Trinajstić information content (AvgIpc) is 3.49. The predicted molar refractivity (Wildman–Crippen MR) is 198 cm³/mol. The number of H-pyrrole nitrogens is 1. The van der Waals surface area contributed by atoms with Crippen molar-refractivity contribution in [2.75, 3.05) is 52.0 Å². The third kappa shape index (κ3) is 6.86. The van der Waals surface area contributed by atoms with E-state index < -0.39 is 5.92 Å². The van der Waals surface area contributed by atoms with Crippen LogP contribution in [-0.4, -0.2) is 87.4 Å². The number of terminal acetylenes is 1. The minimum atomic E-state index is -0.555. The molecular weight excluding hydrogens is 650 g/mol. The first kappa shape index (κ1) is 34.1. The second kappa shape index (κ2) is 14.5. The molecule has 3 aliphatic rings. The van der Waals surface area contributed by atoms with Crippen LogP contribution in [0.1, 0.15) is 62.1 Å². The monoisotopic (exact) mass is 695 g/mol. The van der Waals surface area contributed by atoms with Gasteiger partial charge in [-0.2, -0.15) is 0 Å². The number of likely N-dealkylation sites (tertiary alicyclic amines) is 3. The summed E-state index contributed by atoms with van der Waals surface area (Å²) in [5.41, 5.74) is 9.95. The molecule has 2 aromatic carbocycles. The van der Waals surface area contributed by atoms with Crippen LogP contribution < -0.4 is 11.4 Å².